The Morgan fingerprint density at radius 2 is 1.96 bits per heavy atom. The summed E-state index contributed by atoms with van der Waals surface area (Å²) in [5.74, 6) is -0.827. The van der Waals surface area contributed by atoms with Crippen LogP contribution in [0.15, 0.2) is 30.6 Å². The molecule has 5 nitrogen and oxygen atoms in total. The summed E-state index contributed by atoms with van der Waals surface area (Å²) in [6, 6.07) is 3.84. The average molecular weight is 367 g/mol. The van der Waals surface area contributed by atoms with Crippen molar-refractivity contribution in [1.29, 1.82) is 0 Å². The van der Waals surface area contributed by atoms with Gasteiger partial charge in [0.15, 0.2) is 5.65 Å². The van der Waals surface area contributed by atoms with Crippen LogP contribution < -0.4 is 0 Å². The fraction of sp³-hybridized carbons (Fsp3) is 0.188. The molecule has 134 valence electrons. The summed E-state index contributed by atoms with van der Waals surface area (Å²) < 4.78 is 67.5. The number of H-pyrrole nitrogens is 1. The monoisotopic (exact) mass is 367 g/mol. The van der Waals surface area contributed by atoms with Gasteiger partial charge in [-0.15, -0.1) is 5.10 Å². The van der Waals surface area contributed by atoms with Crippen molar-refractivity contribution < 1.29 is 22.0 Å². The van der Waals surface area contributed by atoms with Crippen molar-refractivity contribution in [2.75, 3.05) is 0 Å². The van der Waals surface area contributed by atoms with Gasteiger partial charge >= 0.3 is 6.18 Å². The summed E-state index contributed by atoms with van der Waals surface area (Å²) in [4.78, 5) is 3.64. The van der Waals surface area contributed by atoms with Crippen LogP contribution in [0.25, 0.3) is 27.7 Å². The van der Waals surface area contributed by atoms with Crippen molar-refractivity contribution in [3.05, 3.63) is 47.5 Å². The summed E-state index contributed by atoms with van der Waals surface area (Å²) in [7, 11) is 0. The van der Waals surface area contributed by atoms with Crippen LogP contribution in [0.2, 0.25) is 0 Å². The third-order valence-electron chi connectivity index (χ3n) is 4.06. The zero-order valence-corrected chi connectivity index (χ0v) is 13.1. The molecule has 0 bridgehead atoms. The molecular weight excluding hydrogens is 357 g/mol. The lowest BCUT2D eigenvalue weighted by molar-refractivity contribution is -0.137. The fourth-order valence-corrected chi connectivity index (χ4v) is 2.96. The van der Waals surface area contributed by atoms with Crippen molar-refractivity contribution in [2.45, 2.75) is 19.5 Å². The van der Waals surface area contributed by atoms with E-state index in [2.05, 4.69) is 20.3 Å². The van der Waals surface area contributed by atoms with Crippen LogP contribution in [0, 0.1) is 6.92 Å². The van der Waals surface area contributed by atoms with E-state index >= 15 is 0 Å². The van der Waals surface area contributed by atoms with E-state index in [0.717, 1.165) is 16.8 Å². The molecule has 0 aliphatic carbocycles. The van der Waals surface area contributed by atoms with Gasteiger partial charge in [0.05, 0.1) is 17.3 Å². The molecule has 4 aromatic rings. The van der Waals surface area contributed by atoms with E-state index in [4.69, 9.17) is 0 Å². The standard InChI is InChI=1S/C16H10F5N5/c1-7-4-8(5-9-6-22-24-12(7)9)11-10(16(19,20)21)2-3-26-15(11)23-14(25-26)13(17)18/h2-6,13H,1H3,(H,22,24). The first kappa shape index (κ1) is 16.4. The predicted octanol–water partition coefficient (Wildman–Crippen LogP) is 4.54. The van der Waals surface area contributed by atoms with Crippen LogP contribution in [-0.2, 0) is 6.18 Å². The van der Waals surface area contributed by atoms with E-state index in [1.807, 2.05) is 0 Å². The lowest BCUT2D eigenvalue weighted by Crippen LogP contribution is -2.09. The number of rotatable bonds is 2. The first-order valence-electron chi connectivity index (χ1n) is 7.44. The minimum atomic E-state index is -4.69. The van der Waals surface area contributed by atoms with Crippen LogP contribution in [0.5, 0.6) is 0 Å². The minimum absolute atomic E-state index is 0.197. The first-order valence-corrected chi connectivity index (χ1v) is 7.44. The Kier molecular flexibility index (Phi) is 3.46. The number of aromatic amines is 1. The second-order valence-corrected chi connectivity index (χ2v) is 5.77. The fourth-order valence-electron chi connectivity index (χ4n) is 2.96. The summed E-state index contributed by atoms with van der Waals surface area (Å²) >= 11 is 0. The second-order valence-electron chi connectivity index (χ2n) is 5.77. The molecule has 4 rings (SSSR count). The molecule has 0 atom stereocenters. The van der Waals surface area contributed by atoms with E-state index in [1.165, 1.54) is 18.3 Å². The highest BCUT2D eigenvalue weighted by Gasteiger charge is 2.36. The lowest BCUT2D eigenvalue weighted by atomic mass is 9.97. The molecule has 0 saturated carbocycles. The zero-order chi connectivity index (χ0) is 18.6. The van der Waals surface area contributed by atoms with E-state index < -0.39 is 24.0 Å². The van der Waals surface area contributed by atoms with Gasteiger partial charge in [-0.3, -0.25) is 5.10 Å². The molecule has 0 radical (unpaired) electrons. The van der Waals surface area contributed by atoms with Crippen molar-refractivity contribution in [3.8, 4) is 11.1 Å². The molecule has 0 amide bonds. The van der Waals surface area contributed by atoms with Gasteiger partial charge in [0.2, 0.25) is 5.82 Å². The van der Waals surface area contributed by atoms with Crippen molar-refractivity contribution in [2.24, 2.45) is 0 Å². The number of fused-ring (bicyclic) bond motifs is 2. The predicted molar refractivity (Wildman–Crippen MR) is 82.8 cm³/mol. The molecule has 0 aliphatic heterocycles. The first-order chi connectivity index (χ1) is 12.3. The van der Waals surface area contributed by atoms with Gasteiger partial charge in [-0.25, -0.2) is 18.3 Å². The molecule has 0 unspecified atom stereocenters. The van der Waals surface area contributed by atoms with Gasteiger partial charge < -0.3 is 0 Å². The Bertz CT molecular complexity index is 1130. The third-order valence-corrected chi connectivity index (χ3v) is 4.06. The molecule has 0 saturated heterocycles. The smallest absolute Gasteiger partial charge is 0.278 e. The SMILES string of the molecule is Cc1cc(-c2c(C(F)(F)F)ccn3nc(C(F)F)nc23)cc2cn[nH]c12. The van der Waals surface area contributed by atoms with Crippen LogP contribution in [0.1, 0.15) is 23.4 Å². The Morgan fingerprint density at radius 1 is 1.19 bits per heavy atom. The summed E-state index contributed by atoms with van der Waals surface area (Å²) in [5, 5.41) is 10.8. The van der Waals surface area contributed by atoms with Gasteiger partial charge in [0.25, 0.3) is 6.43 Å². The molecule has 1 N–H and O–H groups in total. The molecule has 26 heavy (non-hydrogen) atoms. The van der Waals surface area contributed by atoms with Gasteiger partial charge in [-0.1, -0.05) is 0 Å². The topological polar surface area (TPSA) is 58.9 Å². The summed E-state index contributed by atoms with van der Waals surface area (Å²) in [6.07, 6.45) is -5.22. The number of nitrogens with one attached hydrogen (secondary N) is 1. The summed E-state index contributed by atoms with van der Waals surface area (Å²) in [6.45, 7) is 1.71. The number of benzene rings is 1. The Morgan fingerprint density at radius 3 is 2.65 bits per heavy atom. The number of pyridine rings is 1. The van der Waals surface area contributed by atoms with Crippen molar-refractivity contribution in [3.63, 3.8) is 0 Å². The Hall–Kier alpha value is -3.04. The zero-order valence-electron chi connectivity index (χ0n) is 13.1. The Balaban J connectivity index is 2.09. The maximum absolute atomic E-state index is 13.6. The largest absolute Gasteiger partial charge is 0.417 e. The van der Waals surface area contributed by atoms with E-state index in [0.29, 0.717) is 16.5 Å². The molecule has 0 spiro atoms. The van der Waals surface area contributed by atoms with Crippen LogP contribution in [0.3, 0.4) is 0 Å². The van der Waals surface area contributed by atoms with E-state index in [9.17, 15) is 22.0 Å². The number of nitrogens with zero attached hydrogens (tertiary/aromatic N) is 4. The maximum Gasteiger partial charge on any atom is 0.417 e. The molecule has 1 aromatic carbocycles. The number of aromatic nitrogens is 5. The second kappa shape index (κ2) is 5.48. The number of aryl methyl sites for hydroxylation is 1. The third kappa shape index (κ3) is 2.49. The molecule has 0 fully saturated rings. The molecular formula is C16H10F5N5. The molecule has 10 heteroatoms. The van der Waals surface area contributed by atoms with Gasteiger partial charge in [-0.2, -0.15) is 18.3 Å². The number of halogens is 5. The minimum Gasteiger partial charge on any atom is -0.278 e. The average Bonchev–Trinajstić information content (AvgIpc) is 3.19. The molecule has 3 aromatic heterocycles. The Labute approximate surface area is 142 Å². The summed E-state index contributed by atoms with van der Waals surface area (Å²) in [5.41, 5.74) is -0.00584. The van der Waals surface area contributed by atoms with Crippen LogP contribution in [-0.4, -0.2) is 24.8 Å². The highest BCUT2D eigenvalue weighted by atomic mass is 19.4. The highest BCUT2D eigenvalue weighted by molar-refractivity contribution is 5.91. The number of hydrogen-bond donors (Lipinski definition) is 1. The normalized spacial score (nSPS) is 12.6. The van der Waals surface area contributed by atoms with Crippen LogP contribution in [0.4, 0.5) is 22.0 Å². The lowest BCUT2D eigenvalue weighted by Gasteiger charge is -2.14. The van der Waals surface area contributed by atoms with Gasteiger partial charge in [0.1, 0.15) is 0 Å². The van der Waals surface area contributed by atoms with Crippen LogP contribution >= 0.6 is 0 Å². The number of alkyl halides is 5. The maximum atomic E-state index is 13.6. The number of hydrogen-bond acceptors (Lipinski definition) is 3. The van der Waals surface area contributed by atoms with E-state index in [1.54, 1.807) is 6.92 Å². The van der Waals surface area contributed by atoms with Gasteiger partial charge in [0, 0.05) is 17.1 Å². The quantitative estimate of drug-likeness (QED) is 0.529. The van der Waals surface area contributed by atoms with Crippen molar-refractivity contribution >= 4 is 16.6 Å². The molecule has 0 aliphatic rings. The highest BCUT2D eigenvalue weighted by Crippen LogP contribution is 2.40. The van der Waals surface area contributed by atoms with E-state index in [-0.39, 0.29) is 16.8 Å². The van der Waals surface area contributed by atoms with Crippen molar-refractivity contribution in [1.82, 2.24) is 24.8 Å². The molecule has 3 heterocycles. The van der Waals surface area contributed by atoms with Gasteiger partial charge in [-0.05, 0) is 36.2 Å².